The van der Waals surface area contributed by atoms with Gasteiger partial charge in [-0.05, 0) is 38.4 Å². The highest BCUT2D eigenvalue weighted by Gasteiger charge is 2.29. The Morgan fingerprint density at radius 2 is 2.12 bits per heavy atom. The van der Waals surface area contributed by atoms with Gasteiger partial charge in [-0.2, -0.15) is 0 Å². The number of piperidine rings is 1. The van der Waals surface area contributed by atoms with Crippen LogP contribution in [0.25, 0.3) is 0 Å². The lowest BCUT2D eigenvalue weighted by molar-refractivity contribution is -0.0230. The summed E-state index contributed by atoms with van der Waals surface area (Å²) in [7, 11) is 0. The number of aryl methyl sites for hydroxylation is 1. The first kappa shape index (κ1) is 11.4. The molecule has 3 heteroatoms. The zero-order valence-corrected chi connectivity index (χ0v) is 9.70. The highest BCUT2D eigenvalue weighted by atomic mass is 16.5. The van der Waals surface area contributed by atoms with Gasteiger partial charge in [-0.3, -0.25) is 0 Å². The molecule has 1 atom stereocenters. The van der Waals surface area contributed by atoms with E-state index in [9.17, 15) is 5.11 Å². The van der Waals surface area contributed by atoms with Crippen LogP contribution in [-0.2, 0) is 0 Å². The molecule has 0 radical (unpaired) electrons. The molecule has 1 aromatic carbocycles. The molecule has 1 aromatic rings. The van der Waals surface area contributed by atoms with Gasteiger partial charge in [0.25, 0.3) is 0 Å². The molecule has 0 amide bonds. The van der Waals surface area contributed by atoms with Crippen molar-refractivity contribution in [2.45, 2.75) is 25.4 Å². The Morgan fingerprint density at radius 3 is 2.75 bits per heavy atom. The molecule has 2 N–H and O–H groups in total. The third-order valence-electron chi connectivity index (χ3n) is 2.98. The van der Waals surface area contributed by atoms with E-state index in [4.69, 9.17) is 4.74 Å². The zero-order valence-electron chi connectivity index (χ0n) is 9.70. The van der Waals surface area contributed by atoms with Crippen LogP contribution in [0.3, 0.4) is 0 Å². The average molecular weight is 221 g/mol. The molecule has 1 aliphatic rings. The van der Waals surface area contributed by atoms with E-state index in [1.54, 1.807) is 0 Å². The Morgan fingerprint density at radius 1 is 1.38 bits per heavy atom. The molecule has 0 bridgehead atoms. The van der Waals surface area contributed by atoms with Crippen LogP contribution in [0, 0.1) is 6.92 Å². The molecule has 0 unspecified atom stereocenters. The number of rotatable bonds is 3. The second-order valence-corrected chi connectivity index (χ2v) is 4.61. The number of aliphatic hydroxyl groups is 1. The highest BCUT2D eigenvalue weighted by Crippen LogP contribution is 2.19. The van der Waals surface area contributed by atoms with Crippen LogP contribution in [0.15, 0.2) is 24.3 Å². The largest absolute Gasteiger partial charge is 0.491 e. The Kier molecular flexibility index (Phi) is 3.46. The molecule has 0 spiro atoms. The summed E-state index contributed by atoms with van der Waals surface area (Å²) in [6, 6.07) is 7.90. The average Bonchev–Trinajstić information content (AvgIpc) is 2.29. The minimum Gasteiger partial charge on any atom is -0.491 e. The fourth-order valence-corrected chi connectivity index (χ4v) is 1.93. The topological polar surface area (TPSA) is 41.5 Å². The first-order valence-corrected chi connectivity index (χ1v) is 5.81. The smallest absolute Gasteiger partial charge is 0.119 e. The summed E-state index contributed by atoms with van der Waals surface area (Å²) in [6.07, 6.45) is 1.82. The van der Waals surface area contributed by atoms with Crippen molar-refractivity contribution in [3.8, 4) is 5.75 Å². The van der Waals surface area contributed by atoms with Crippen LogP contribution in [0.2, 0.25) is 0 Å². The molecular weight excluding hydrogens is 202 g/mol. The van der Waals surface area contributed by atoms with Crippen LogP contribution < -0.4 is 10.1 Å². The molecule has 0 aliphatic carbocycles. The van der Waals surface area contributed by atoms with E-state index in [1.165, 1.54) is 5.56 Å². The van der Waals surface area contributed by atoms with Gasteiger partial charge in [-0.1, -0.05) is 17.7 Å². The van der Waals surface area contributed by atoms with Crippen LogP contribution in [0.4, 0.5) is 0 Å². The van der Waals surface area contributed by atoms with Crippen molar-refractivity contribution in [2.75, 3.05) is 19.7 Å². The normalized spacial score (nSPS) is 25.4. The highest BCUT2D eigenvalue weighted by molar-refractivity contribution is 5.26. The van der Waals surface area contributed by atoms with Gasteiger partial charge in [0.1, 0.15) is 18.0 Å². The maximum absolute atomic E-state index is 10.2. The third kappa shape index (κ3) is 2.97. The van der Waals surface area contributed by atoms with Gasteiger partial charge in [0.2, 0.25) is 0 Å². The minimum absolute atomic E-state index is 0.364. The summed E-state index contributed by atoms with van der Waals surface area (Å²) < 4.78 is 5.61. The fourth-order valence-electron chi connectivity index (χ4n) is 1.93. The SMILES string of the molecule is Cc1ccc(OC[C@]2(O)CCCNC2)cc1. The summed E-state index contributed by atoms with van der Waals surface area (Å²) in [5, 5.41) is 13.4. The van der Waals surface area contributed by atoms with Crippen molar-refractivity contribution in [3.05, 3.63) is 29.8 Å². The summed E-state index contributed by atoms with van der Waals surface area (Å²) in [5.41, 5.74) is 0.508. The van der Waals surface area contributed by atoms with Crippen molar-refractivity contribution in [1.82, 2.24) is 5.32 Å². The molecule has 1 aliphatic heterocycles. The maximum Gasteiger partial charge on any atom is 0.119 e. The lowest BCUT2D eigenvalue weighted by Crippen LogP contribution is -2.49. The first-order chi connectivity index (χ1) is 7.68. The van der Waals surface area contributed by atoms with E-state index in [2.05, 4.69) is 5.32 Å². The standard InChI is InChI=1S/C13H19NO2/c1-11-3-5-12(6-4-11)16-10-13(15)7-2-8-14-9-13/h3-6,14-15H,2,7-10H2,1H3/t13-/m0/s1. The predicted molar refractivity (Wildman–Crippen MR) is 63.7 cm³/mol. The molecule has 1 saturated heterocycles. The molecule has 3 nitrogen and oxygen atoms in total. The van der Waals surface area contributed by atoms with Crippen molar-refractivity contribution in [1.29, 1.82) is 0 Å². The predicted octanol–water partition coefficient (Wildman–Crippen LogP) is 1.49. The van der Waals surface area contributed by atoms with E-state index >= 15 is 0 Å². The van der Waals surface area contributed by atoms with E-state index in [-0.39, 0.29) is 0 Å². The monoisotopic (exact) mass is 221 g/mol. The molecule has 0 aromatic heterocycles. The number of hydrogen-bond acceptors (Lipinski definition) is 3. The molecule has 2 rings (SSSR count). The van der Waals surface area contributed by atoms with Crippen LogP contribution >= 0.6 is 0 Å². The van der Waals surface area contributed by atoms with Crippen LogP contribution in [0.5, 0.6) is 5.75 Å². The van der Waals surface area contributed by atoms with E-state index in [1.807, 2.05) is 31.2 Å². The number of ether oxygens (including phenoxy) is 1. The van der Waals surface area contributed by atoms with Gasteiger partial charge in [-0.25, -0.2) is 0 Å². The minimum atomic E-state index is -0.705. The number of nitrogens with one attached hydrogen (secondary N) is 1. The Balaban J connectivity index is 1.88. The number of hydrogen-bond donors (Lipinski definition) is 2. The molecule has 0 saturated carbocycles. The lowest BCUT2D eigenvalue weighted by Gasteiger charge is -2.32. The molecule has 16 heavy (non-hydrogen) atoms. The lowest BCUT2D eigenvalue weighted by atomic mass is 9.95. The van der Waals surface area contributed by atoms with Crippen molar-refractivity contribution >= 4 is 0 Å². The maximum atomic E-state index is 10.2. The van der Waals surface area contributed by atoms with Crippen LogP contribution in [0.1, 0.15) is 18.4 Å². The van der Waals surface area contributed by atoms with Gasteiger partial charge < -0.3 is 15.2 Å². The Hall–Kier alpha value is -1.06. The second-order valence-electron chi connectivity index (χ2n) is 4.61. The van der Waals surface area contributed by atoms with E-state index in [0.717, 1.165) is 25.1 Å². The van der Waals surface area contributed by atoms with Gasteiger partial charge in [0.05, 0.1) is 0 Å². The van der Waals surface area contributed by atoms with Crippen LogP contribution in [-0.4, -0.2) is 30.4 Å². The summed E-state index contributed by atoms with van der Waals surface area (Å²) in [6.45, 7) is 4.02. The Bertz CT molecular complexity index is 328. The van der Waals surface area contributed by atoms with E-state index < -0.39 is 5.60 Å². The second kappa shape index (κ2) is 4.85. The Labute approximate surface area is 96.4 Å². The number of β-amino-alcohol motifs (C(OH)–C–C–N with tert-alkyl or cyclic N) is 1. The van der Waals surface area contributed by atoms with Gasteiger partial charge in [0.15, 0.2) is 0 Å². The number of benzene rings is 1. The molecule has 88 valence electrons. The summed E-state index contributed by atoms with van der Waals surface area (Å²) >= 11 is 0. The fraction of sp³-hybridized carbons (Fsp3) is 0.538. The quantitative estimate of drug-likeness (QED) is 0.812. The van der Waals surface area contributed by atoms with Gasteiger partial charge >= 0.3 is 0 Å². The molecular formula is C13H19NO2. The zero-order chi connectivity index (χ0) is 11.4. The van der Waals surface area contributed by atoms with E-state index in [0.29, 0.717) is 13.2 Å². The third-order valence-corrected chi connectivity index (χ3v) is 2.98. The van der Waals surface area contributed by atoms with Crippen molar-refractivity contribution in [2.24, 2.45) is 0 Å². The first-order valence-electron chi connectivity index (χ1n) is 5.81. The molecule has 1 heterocycles. The van der Waals surface area contributed by atoms with Crippen molar-refractivity contribution < 1.29 is 9.84 Å². The molecule has 1 fully saturated rings. The summed E-state index contributed by atoms with van der Waals surface area (Å²) in [5.74, 6) is 0.824. The van der Waals surface area contributed by atoms with Gasteiger partial charge in [0, 0.05) is 6.54 Å². The van der Waals surface area contributed by atoms with Crippen molar-refractivity contribution in [3.63, 3.8) is 0 Å². The van der Waals surface area contributed by atoms with Gasteiger partial charge in [-0.15, -0.1) is 0 Å². The summed E-state index contributed by atoms with van der Waals surface area (Å²) in [4.78, 5) is 0.